The summed E-state index contributed by atoms with van der Waals surface area (Å²) in [6.07, 6.45) is 16.9. The first-order valence-electron chi connectivity index (χ1n) is 17.9. The Bertz CT molecular complexity index is 1210. The highest BCUT2D eigenvalue weighted by Gasteiger charge is 2.61. The molecule has 0 heterocycles. The maximum Gasteiger partial charge on any atom is 0.0720 e. The molecule has 0 saturated heterocycles. The van der Waals surface area contributed by atoms with Gasteiger partial charge < -0.3 is 14.6 Å². The van der Waals surface area contributed by atoms with Crippen LogP contribution in [0.25, 0.3) is 0 Å². The summed E-state index contributed by atoms with van der Waals surface area (Å²) in [7, 11) is 0. The van der Waals surface area contributed by atoms with Crippen molar-refractivity contribution in [2.24, 2.45) is 52.3 Å². The molecule has 3 nitrogen and oxygen atoms in total. The van der Waals surface area contributed by atoms with Crippen LogP contribution in [0.4, 0.5) is 0 Å². The third-order valence-corrected chi connectivity index (χ3v) is 13.1. The maximum absolute atomic E-state index is 9.50. The molecule has 0 unspecified atom stereocenters. The summed E-state index contributed by atoms with van der Waals surface area (Å²) < 4.78 is 13.6. The van der Waals surface area contributed by atoms with E-state index in [0.717, 1.165) is 25.2 Å². The third-order valence-electron chi connectivity index (χ3n) is 13.1. The molecular formula is C41H58O3. The summed E-state index contributed by atoms with van der Waals surface area (Å²) in [5, 5.41) is 9.50. The fourth-order valence-corrected chi connectivity index (χ4v) is 10.5. The molecule has 3 heteroatoms. The van der Waals surface area contributed by atoms with Crippen LogP contribution in [-0.4, -0.2) is 23.9 Å². The van der Waals surface area contributed by atoms with E-state index in [1.165, 1.54) is 49.7 Å². The zero-order valence-corrected chi connectivity index (χ0v) is 27.9. The number of fused-ring (bicyclic) bond motifs is 5. The van der Waals surface area contributed by atoms with Crippen molar-refractivity contribution in [3.05, 3.63) is 83.9 Å². The Labute approximate surface area is 267 Å². The molecule has 3 fully saturated rings. The monoisotopic (exact) mass is 598 g/mol. The first kappa shape index (κ1) is 32.0. The molecule has 3 saturated carbocycles. The van der Waals surface area contributed by atoms with Crippen LogP contribution in [0.1, 0.15) is 96.6 Å². The van der Waals surface area contributed by atoms with Crippen LogP contribution >= 0.6 is 0 Å². The summed E-state index contributed by atoms with van der Waals surface area (Å²) in [4.78, 5) is 0. The van der Waals surface area contributed by atoms with Crippen LogP contribution < -0.4 is 0 Å². The molecule has 0 spiro atoms. The van der Waals surface area contributed by atoms with E-state index in [1.807, 2.05) is 0 Å². The van der Waals surface area contributed by atoms with Crippen LogP contribution in [0.3, 0.4) is 0 Å². The lowest BCUT2D eigenvalue weighted by Gasteiger charge is -2.63. The van der Waals surface area contributed by atoms with Gasteiger partial charge in [0.05, 0.1) is 25.4 Å². The van der Waals surface area contributed by atoms with E-state index < -0.39 is 0 Å². The Kier molecular flexibility index (Phi) is 10.1. The largest absolute Gasteiger partial charge is 0.396 e. The van der Waals surface area contributed by atoms with Crippen molar-refractivity contribution in [3.8, 4) is 0 Å². The minimum absolute atomic E-state index is 0.275. The molecule has 4 aliphatic carbocycles. The second-order valence-electron chi connectivity index (χ2n) is 15.8. The molecule has 0 radical (unpaired) electrons. The van der Waals surface area contributed by atoms with E-state index in [-0.39, 0.29) is 6.10 Å². The van der Waals surface area contributed by atoms with Crippen LogP contribution in [0.2, 0.25) is 0 Å². The number of hydrogen-bond acceptors (Lipinski definition) is 3. The first-order valence-corrected chi connectivity index (χ1v) is 17.9. The standard InChI is InChI=1S/C41H58O3/c1-29(26-42)12-11-13-30(2)35-18-19-36-34-25-39(44-28-32-16-9-6-10-17-32)38-24-33(43-27-31-14-7-5-8-15-31)20-22-41(38,4)37(34)21-23-40(35,36)3/h5-10,14-19,29-30,33-39,42H,11-13,20-28H2,1-4H3/t29-,30-,33+,34+,35-,36+,37+,38-,39-,40-,41-/m1/s1. The topological polar surface area (TPSA) is 38.7 Å². The number of aliphatic hydroxyl groups excluding tert-OH is 1. The zero-order valence-electron chi connectivity index (χ0n) is 27.9. The van der Waals surface area contributed by atoms with Crippen molar-refractivity contribution < 1.29 is 14.6 Å². The van der Waals surface area contributed by atoms with Crippen LogP contribution in [0.15, 0.2) is 72.8 Å². The van der Waals surface area contributed by atoms with Gasteiger partial charge in [0.1, 0.15) is 0 Å². The normalized spacial score (nSPS) is 37.5. The van der Waals surface area contributed by atoms with E-state index >= 15 is 0 Å². The molecule has 0 bridgehead atoms. The Morgan fingerprint density at radius 2 is 1.43 bits per heavy atom. The van der Waals surface area contributed by atoms with Crippen molar-refractivity contribution in [1.82, 2.24) is 0 Å². The molecule has 0 amide bonds. The average molecular weight is 599 g/mol. The summed E-state index contributed by atoms with van der Waals surface area (Å²) in [6, 6.07) is 21.5. The SMILES string of the molecule is C[C@@H](CO)CCC[C@@H](C)[C@H]1C=C[C@H]2[C@@H]3C[C@@H](OCc4ccccc4)[C@H]4C[C@@H](OCc5ccccc5)CC[C@]4(C)[C@H]3CC[C@]12C. The molecule has 11 atom stereocenters. The summed E-state index contributed by atoms with van der Waals surface area (Å²) in [6.45, 7) is 11.7. The van der Waals surface area contributed by atoms with Crippen LogP contribution in [-0.2, 0) is 22.7 Å². The van der Waals surface area contributed by atoms with Gasteiger partial charge >= 0.3 is 0 Å². The van der Waals surface area contributed by atoms with Gasteiger partial charge in [-0.05, 0) is 108 Å². The van der Waals surface area contributed by atoms with Crippen LogP contribution in [0, 0.1) is 52.3 Å². The number of rotatable bonds is 12. The van der Waals surface area contributed by atoms with Gasteiger partial charge in [0.15, 0.2) is 0 Å². The van der Waals surface area contributed by atoms with Crippen molar-refractivity contribution >= 4 is 0 Å². The summed E-state index contributed by atoms with van der Waals surface area (Å²) in [5.41, 5.74) is 3.21. The van der Waals surface area contributed by atoms with E-state index in [1.54, 1.807) is 0 Å². The van der Waals surface area contributed by atoms with E-state index in [2.05, 4.69) is 101 Å². The van der Waals surface area contributed by atoms with Gasteiger partial charge in [-0.1, -0.05) is 113 Å². The van der Waals surface area contributed by atoms with Gasteiger partial charge in [0.25, 0.3) is 0 Å². The second kappa shape index (κ2) is 13.8. The van der Waals surface area contributed by atoms with Crippen molar-refractivity contribution in [3.63, 3.8) is 0 Å². The number of ether oxygens (including phenoxy) is 2. The predicted molar refractivity (Wildman–Crippen MR) is 180 cm³/mol. The molecule has 0 aliphatic heterocycles. The van der Waals surface area contributed by atoms with Gasteiger partial charge in [0, 0.05) is 6.61 Å². The zero-order chi connectivity index (χ0) is 30.7. The Hall–Kier alpha value is -1.94. The summed E-state index contributed by atoms with van der Waals surface area (Å²) in [5.74, 6) is 4.43. The van der Waals surface area contributed by atoms with Gasteiger partial charge in [-0.15, -0.1) is 0 Å². The van der Waals surface area contributed by atoms with E-state index in [0.29, 0.717) is 72.3 Å². The fraction of sp³-hybridized carbons (Fsp3) is 0.659. The van der Waals surface area contributed by atoms with Gasteiger partial charge in [0.2, 0.25) is 0 Å². The average Bonchev–Trinajstić information content (AvgIpc) is 3.41. The van der Waals surface area contributed by atoms with Crippen molar-refractivity contribution in [2.75, 3.05) is 6.61 Å². The Morgan fingerprint density at radius 1 is 0.773 bits per heavy atom. The minimum atomic E-state index is 0.275. The number of allylic oxidation sites excluding steroid dienone is 2. The van der Waals surface area contributed by atoms with Gasteiger partial charge in [-0.2, -0.15) is 0 Å². The van der Waals surface area contributed by atoms with Crippen LogP contribution in [0.5, 0.6) is 0 Å². The lowest BCUT2D eigenvalue weighted by atomic mass is 9.43. The number of benzene rings is 2. The lowest BCUT2D eigenvalue weighted by Crippen LogP contribution is -2.59. The van der Waals surface area contributed by atoms with Gasteiger partial charge in [-0.3, -0.25) is 0 Å². The molecule has 6 rings (SSSR count). The Morgan fingerprint density at radius 3 is 2.11 bits per heavy atom. The molecule has 2 aromatic carbocycles. The van der Waals surface area contributed by atoms with Crippen molar-refractivity contribution in [1.29, 1.82) is 0 Å². The highest BCUT2D eigenvalue weighted by molar-refractivity contribution is 5.21. The van der Waals surface area contributed by atoms with Gasteiger partial charge in [-0.25, -0.2) is 0 Å². The smallest absolute Gasteiger partial charge is 0.0720 e. The molecular weight excluding hydrogens is 540 g/mol. The molecule has 4 aliphatic rings. The number of hydrogen-bond donors (Lipinski definition) is 1. The highest BCUT2D eigenvalue weighted by atomic mass is 16.5. The minimum Gasteiger partial charge on any atom is -0.396 e. The molecule has 0 aromatic heterocycles. The lowest BCUT2D eigenvalue weighted by molar-refractivity contribution is -0.191. The predicted octanol–water partition coefficient (Wildman–Crippen LogP) is 9.64. The maximum atomic E-state index is 9.50. The van der Waals surface area contributed by atoms with E-state index in [9.17, 15) is 5.11 Å². The quantitative estimate of drug-likeness (QED) is 0.247. The summed E-state index contributed by atoms with van der Waals surface area (Å²) >= 11 is 0. The molecule has 44 heavy (non-hydrogen) atoms. The first-order chi connectivity index (χ1) is 21.3. The second-order valence-corrected chi connectivity index (χ2v) is 15.8. The molecule has 2 aromatic rings. The number of aliphatic hydroxyl groups is 1. The Balaban J connectivity index is 1.19. The van der Waals surface area contributed by atoms with E-state index in [4.69, 9.17) is 9.47 Å². The third kappa shape index (κ3) is 6.49. The molecule has 240 valence electrons. The highest BCUT2D eigenvalue weighted by Crippen LogP contribution is 2.67. The fourth-order valence-electron chi connectivity index (χ4n) is 10.5. The van der Waals surface area contributed by atoms with Crippen molar-refractivity contribution in [2.45, 2.75) is 111 Å². The molecule has 1 N–H and O–H groups in total.